The first-order valence-corrected chi connectivity index (χ1v) is 14.5. The molecule has 1 aromatic carbocycles. The molecule has 2 fully saturated rings. The summed E-state index contributed by atoms with van der Waals surface area (Å²) in [6.45, 7) is 6.38. The van der Waals surface area contributed by atoms with Crippen molar-refractivity contribution in [3.8, 4) is 0 Å². The van der Waals surface area contributed by atoms with Gasteiger partial charge in [0.2, 0.25) is 0 Å². The molecular weight excluding hydrogens is 575 g/mol. The number of hydrogen-bond acceptors (Lipinski definition) is 9. The van der Waals surface area contributed by atoms with E-state index >= 15 is 0 Å². The zero-order valence-electron chi connectivity index (χ0n) is 22.7. The Morgan fingerprint density at radius 1 is 1.32 bits per heavy atom. The van der Waals surface area contributed by atoms with E-state index in [1.54, 1.807) is 39.3 Å². The highest BCUT2D eigenvalue weighted by molar-refractivity contribution is 7.11. The Balaban J connectivity index is 1.59. The maximum Gasteiger partial charge on any atom is 0.338 e. The largest absolute Gasteiger partial charge is 0.480 e. The Kier molecular flexibility index (Phi) is 8.30. The molecule has 0 saturated carbocycles. The molecule has 3 aliphatic heterocycles. The predicted molar refractivity (Wildman–Crippen MR) is 150 cm³/mol. The fourth-order valence-electron chi connectivity index (χ4n) is 5.54. The highest BCUT2D eigenvalue weighted by Crippen LogP contribution is 2.38. The fourth-order valence-corrected chi connectivity index (χ4v) is 6.36. The van der Waals surface area contributed by atoms with E-state index in [9.17, 15) is 23.9 Å². The second kappa shape index (κ2) is 11.7. The summed E-state index contributed by atoms with van der Waals surface area (Å²) < 4.78 is 20.0. The van der Waals surface area contributed by atoms with Gasteiger partial charge in [-0.05, 0) is 26.8 Å². The molecule has 41 heavy (non-hydrogen) atoms. The van der Waals surface area contributed by atoms with Crippen molar-refractivity contribution >= 4 is 46.7 Å². The van der Waals surface area contributed by atoms with Crippen molar-refractivity contribution in [1.29, 1.82) is 0 Å². The number of piperazine rings is 1. The van der Waals surface area contributed by atoms with Crippen LogP contribution < -0.4 is 5.32 Å². The molecule has 218 valence electrons. The lowest BCUT2D eigenvalue weighted by atomic mass is 9.94. The minimum absolute atomic E-state index is 0.000840. The quantitative estimate of drug-likeness (QED) is 0.440. The van der Waals surface area contributed by atoms with E-state index in [0.29, 0.717) is 23.1 Å². The fraction of sp³-hybridized carbons (Fsp3) is 0.444. The average Bonchev–Trinajstić information content (AvgIpc) is 3.58. The number of carboxylic acid groups (broad SMARTS) is 1. The third kappa shape index (κ3) is 5.41. The number of esters is 1. The van der Waals surface area contributed by atoms with Gasteiger partial charge in [-0.15, -0.1) is 11.3 Å². The Bertz CT molecular complexity index is 1420. The molecule has 0 bridgehead atoms. The third-order valence-corrected chi connectivity index (χ3v) is 8.61. The van der Waals surface area contributed by atoms with E-state index in [2.05, 4.69) is 10.3 Å². The SMILES string of the molecule is CCOC(=O)C1=C(CN2CCN3C(=O)N(C(C)C)C[C@H]3[C@@H]2C(=O)O)NC(c2nccs2)=N[C@H]1c1cccc(F)c1Cl. The van der Waals surface area contributed by atoms with Gasteiger partial charge in [0.15, 0.2) is 10.8 Å². The number of carboxylic acids is 1. The first-order valence-electron chi connectivity index (χ1n) is 13.2. The summed E-state index contributed by atoms with van der Waals surface area (Å²) in [5.74, 6) is -2.09. The van der Waals surface area contributed by atoms with Gasteiger partial charge < -0.3 is 25.0 Å². The Hall–Kier alpha value is -3.55. The molecule has 0 unspecified atom stereocenters. The number of nitrogens with one attached hydrogen (secondary N) is 1. The molecule has 2 N–H and O–H groups in total. The van der Waals surface area contributed by atoms with Crippen molar-refractivity contribution in [3.05, 3.63) is 62.5 Å². The van der Waals surface area contributed by atoms with Gasteiger partial charge >= 0.3 is 18.0 Å². The van der Waals surface area contributed by atoms with Crippen LogP contribution in [-0.4, -0.2) is 99.5 Å². The summed E-state index contributed by atoms with van der Waals surface area (Å²) in [6.07, 6.45) is 1.61. The Morgan fingerprint density at radius 2 is 2.10 bits per heavy atom. The van der Waals surface area contributed by atoms with Gasteiger partial charge in [0.1, 0.15) is 17.9 Å². The summed E-state index contributed by atoms with van der Waals surface area (Å²) in [5, 5.41) is 15.6. The summed E-state index contributed by atoms with van der Waals surface area (Å²) in [5.41, 5.74) is 0.701. The van der Waals surface area contributed by atoms with E-state index in [4.69, 9.17) is 21.3 Å². The minimum atomic E-state index is -1.08. The van der Waals surface area contributed by atoms with E-state index in [1.807, 2.05) is 13.8 Å². The number of amides is 2. The Morgan fingerprint density at radius 3 is 2.76 bits per heavy atom. The summed E-state index contributed by atoms with van der Waals surface area (Å²) in [4.78, 5) is 53.2. The highest BCUT2D eigenvalue weighted by atomic mass is 35.5. The zero-order valence-corrected chi connectivity index (χ0v) is 24.3. The smallest absolute Gasteiger partial charge is 0.338 e. The van der Waals surface area contributed by atoms with Gasteiger partial charge in [-0.3, -0.25) is 14.7 Å². The van der Waals surface area contributed by atoms with Crippen molar-refractivity contribution in [2.24, 2.45) is 4.99 Å². The second-order valence-electron chi connectivity index (χ2n) is 10.1. The number of carbonyl (C=O) groups is 3. The number of amidine groups is 1. The van der Waals surface area contributed by atoms with E-state index in [1.165, 1.54) is 23.5 Å². The zero-order chi connectivity index (χ0) is 29.4. The van der Waals surface area contributed by atoms with Crippen LogP contribution in [0.1, 0.15) is 37.4 Å². The van der Waals surface area contributed by atoms with Crippen LogP contribution in [0, 0.1) is 5.82 Å². The molecule has 2 aromatic rings. The van der Waals surface area contributed by atoms with Gasteiger partial charge in [0.05, 0.1) is 23.2 Å². The summed E-state index contributed by atoms with van der Waals surface area (Å²) in [6, 6.07) is 1.37. The molecule has 0 spiro atoms. The van der Waals surface area contributed by atoms with Crippen molar-refractivity contribution < 1.29 is 28.6 Å². The van der Waals surface area contributed by atoms with Crippen molar-refractivity contribution in [3.63, 3.8) is 0 Å². The third-order valence-electron chi connectivity index (χ3n) is 7.43. The maximum absolute atomic E-state index is 14.6. The molecule has 11 nitrogen and oxygen atoms in total. The van der Waals surface area contributed by atoms with Crippen LogP contribution in [-0.2, 0) is 14.3 Å². The molecule has 1 aromatic heterocycles. The van der Waals surface area contributed by atoms with Crippen LogP contribution >= 0.6 is 22.9 Å². The number of thiazole rings is 1. The number of benzene rings is 1. The monoisotopic (exact) mass is 604 g/mol. The molecule has 2 amide bonds. The molecule has 14 heteroatoms. The van der Waals surface area contributed by atoms with Crippen molar-refractivity contribution in [2.45, 2.75) is 44.9 Å². The molecule has 4 heterocycles. The number of urea groups is 1. The van der Waals surface area contributed by atoms with Gasteiger partial charge in [0.25, 0.3) is 0 Å². The number of rotatable bonds is 8. The lowest BCUT2D eigenvalue weighted by Crippen LogP contribution is -2.62. The molecule has 2 saturated heterocycles. The predicted octanol–water partition coefficient (Wildman–Crippen LogP) is 3.13. The molecule has 3 aliphatic rings. The van der Waals surface area contributed by atoms with Gasteiger partial charge in [0, 0.05) is 55.1 Å². The lowest BCUT2D eigenvalue weighted by molar-refractivity contribution is -0.147. The number of nitrogens with zero attached hydrogens (tertiary/aromatic N) is 5. The standard InChI is InChI=1S/C27H30ClFN6O5S/c1-4-40-26(38)19-17(12-33-9-10-34-18(22(33)25(36)37)13-35(14(2)3)27(34)39)31-23(24-30-8-11-41-24)32-21(19)15-6-5-7-16(29)20(15)28/h5-8,11,14,18,21-22H,4,9-10,12-13H2,1-3H3,(H,31,32)(H,36,37)/t18-,21-,22+/m0/s1. The number of carbonyl (C=O) groups excluding carboxylic acids is 2. The minimum Gasteiger partial charge on any atom is -0.480 e. The molecule has 0 aliphatic carbocycles. The van der Waals surface area contributed by atoms with E-state index in [-0.39, 0.29) is 54.5 Å². The number of fused-ring (bicyclic) bond motifs is 1. The van der Waals surface area contributed by atoms with Gasteiger partial charge in [-0.25, -0.2) is 19.0 Å². The van der Waals surface area contributed by atoms with E-state index in [0.717, 1.165) is 0 Å². The normalized spacial score (nSPS) is 23.0. The van der Waals surface area contributed by atoms with Gasteiger partial charge in [-0.2, -0.15) is 0 Å². The number of ether oxygens (including phenoxy) is 1. The number of aliphatic imine (C=N–C) groups is 1. The highest BCUT2D eigenvalue weighted by Gasteiger charge is 2.50. The number of aromatic nitrogens is 1. The molecule has 3 atom stereocenters. The maximum atomic E-state index is 14.6. The van der Waals surface area contributed by atoms with Crippen molar-refractivity contribution in [1.82, 2.24) is 25.0 Å². The summed E-state index contributed by atoms with van der Waals surface area (Å²) >= 11 is 7.70. The van der Waals surface area contributed by atoms with Crippen LogP contribution in [0.25, 0.3) is 0 Å². The lowest BCUT2D eigenvalue weighted by Gasteiger charge is -2.42. The average molecular weight is 605 g/mol. The number of hydrogen-bond donors (Lipinski definition) is 2. The molecule has 5 rings (SSSR count). The number of aliphatic carboxylic acids is 1. The molecular formula is C27H30ClFN6O5S. The first kappa shape index (κ1) is 29.0. The Labute approximate surface area is 245 Å². The van der Waals surface area contributed by atoms with Crippen LogP contribution in [0.15, 0.2) is 46.0 Å². The van der Waals surface area contributed by atoms with Crippen LogP contribution in [0.2, 0.25) is 5.02 Å². The van der Waals surface area contributed by atoms with Crippen LogP contribution in [0.5, 0.6) is 0 Å². The topological polar surface area (TPSA) is 128 Å². The van der Waals surface area contributed by atoms with Crippen LogP contribution in [0.4, 0.5) is 9.18 Å². The summed E-state index contributed by atoms with van der Waals surface area (Å²) in [7, 11) is 0. The number of halogens is 2. The second-order valence-corrected chi connectivity index (χ2v) is 11.4. The van der Waals surface area contributed by atoms with Gasteiger partial charge in [-0.1, -0.05) is 23.7 Å². The van der Waals surface area contributed by atoms with Crippen LogP contribution in [0.3, 0.4) is 0 Å². The van der Waals surface area contributed by atoms with E-state index < -0.39 is 35.9 Å². The van der Waals surface area contributed by atoms with Crippen molar-refractivity contribution in [2.75, 3.05) is 32.8 Å². The molecule has 0 radical (unpaired) electrons. The first-order chi connectivity index (χ1) is 19.6.